The number of hydrogen-bond acceptors (Lipinski definition) is 3. The first-order valence-electron chi connectivity index (χ1n) is 6.14. The van der Waals surface area contributed by atoms with Crippen LogP contribution in [0.4, 0.5) is 5.69 Å². The average molecular weight is 269 g/mol. The molecule has 1 aromatic rings. The highest BCUT2D eigenvalue weighted by Crippen LogP contribution is 2.32. The van der Waals surface area contributed by atoms with E-state index < -0.39 is 5.97 Å². The fraction of sp³-hybridized carbons (Fsp3) is 0.0625. The molecule has 0 atom stereocenters. The zero-order chi connectivity index (χ0) is 14.5. The van der Waals surface area contributed by atoms with Crippen molar-refractivity contribution in [3.63, 3.8) is 0 Å². The molecular formula is C16H15NO3. The Labute approximate surface area is 117 Å². The van der Waals surface area contributed by atoms with E-state index in [1.807, 2.05) is 0 Å². The molecule has 0 amide bonds. The standard InChI is InChI=1S/C10H11NO3.C6H4/c1-2-6-11-8-5-3-4-7(9(8)12)10(13)14;1-2-5-4-6(5)3-1/h2-5,11-12H,1,6H2,(H,13,14);1-4H. The summed E-state index contributed by atoms with van der Waals surface area (Å²) >= 11 is 0. The molecule has 2 aliphatic carbocycles. The van der Waals surface area contributed by atoms with E-state index >= 15 is 0 Å². The van der Waals surface area contributed by atoms with Gasteiger partial charge >= 0.3 is 5.97 Å². The summed E-state index contributed by atoms with van der Waals surface area (Å²) < 4.78 is 0. The molecule has 0 heterocycles. The predicted molar refractivity (Wildman–Crippen MR) is 79.2 cm³/mol. The highest BCUT2D eigenvalue weighted by Gasteiger charge is 2.11. The molecule has 3 N–H and O–H groups in total. The summed E-state index contributed by atoms with van der Waals surface area (Å²) in [6, 6.07) is 13.0. The molecule has 0 fully saturated rings. The van der Waals surface area contributed by atoms with Crippen molar-refractivity contribution >= 4 is 11.7 Å². The van der Waals surface area contributed by atoms with Crippen molar-refractivity contribution in [3.8, 4) is 16.9 Å². The first-order valence-corrected chi connectivity index (χ1v) is 6.14. The first-order chi connectivity index (χ1) is 9.63. The summed E-state index contributed by atoms with van der Waals surface area (Å²) in [5, 5.41) is 21.0. The minimum Gasteiger partial charge on any atom is -0.505 e. The van der Waals surface area contributed by atoms with Crippen molar-refractivity contribution in [2.24, 2.45) is 0 Å². The molecule has 0 unspecified atom stereocenters. The molecule has 0 aliphatic heterocycles. The highest BCUT2D eigenvalue weighted by atomic mass is 16.4. The van der Waals surface area contributed by atoms with Crippen LogP contribution in [0.5, 0.6) is 5.75 Å². The molecule has 20 heavy (non-hydrogen) atoms. The van der Waals surface area contributed by atoms with Crippen LogP contribution in [0, 0.1) is 0 Å². The third-order valence-corrected chi connectivity index (χ3v) is 2.82. The average Bonchev–Trinajstić information content (AvgIpc) is 3.04. The van der Waals surface area contributed by atoms with Gasteiger partial charge in [-0.15, -0.1) is 6.58 Å². The van der Waals surface area contributed by atoms with Crippen LogP contribution < -0.4 is 5.32 Å². The van der Waals surface area contributed by atoms with Crippen molar-refractivity contribution in [3.05, 3.63) is 60.7 Å². The lowest BCUT2D eigenvalue weighted by Crippen LogP contribution is -2.02. The summed E-state index contributed by atoms with van der Waals surface area (Å²) in [4.78, 5) is 10.6. The summed E-state index contributed by atoms with van der Waals surface area (Å²) in [7, 11) is 0. The van der Waals surface area contributed by atoms with Crippen molar-refractivity contribution in [2.45, 2.75) is 0 Å². The van der Waals surface area contributed by atoms with Crippen molar-refractivity contribution < 1.29 is 15.0 Å². The second kappa shape index (κ2) is 5.93. The maximum atomic E-state index is 10.6. The fourth-order valence-electron chi connectivity index (χ4n) is 1.72. The number of rotatable bonds is 4. The van der Waals surface area contributed by atoms with Crippen LogP contribution in [0.1, 0.15) is 10.4 Å². The van der Waals surface area contributed by atoms with Gasteiger partial charge in [-0.3, -0.25) is 0 Å². The number of benzene rings is 2. The number of fused-ring (bicyclic) bond motifs is 1. The smallest absolute Gasteiger partial charge is 0.339 e. The van der Waals surface area contributed by atoms with Gasteiger partial charge in [0.1, 0.15) is 5.56 Å². The number of anilines is 1. The summed E-state index contributed by atoms with van der Waals surface area (Å²) in [6.07, 6.45) is 1.62. The van der Waals surface area contributed by atoms with E-state index in [1.165, 1.54) is 17.2 Å². The first kappa shape index (κ1) is 13.7. The molecule has 0 saturated heterocycles. The summed E-state index contributed by atoms with van der Waals surface area (Å²) in [5.41, 5.74) is 3.13. The number of hydrogen-bond donors (Lipinski definition) is 3. The number of phenols is 1. The molecule has 0 aromatic heterocycles. The van der Waals surface area contributed by atoms with E-state index in [4.69, 9.17) is 5.11 Å². The van der Waals surface area contributed by atoms with Crippen LogP contribution in [0.3, 0.4) is 0 Å². The minimum atomic E-state index is -1.15. The number of carboxylic acids is 1. The van der Waals surface area contributed by atoms with Gasteiger partial charge in [-0.25, -0.2) is 4.79 Å². The van der Waals surface area contributed by atoms with Gasteiger partial charge in [-0.05, 0) is 29.3 Å². The Bertz CT molecular complexity index is 633. The molecule has 3 rings (SSSR count). The third-order valence-electron chi connectivity index (χ3n) is 2.82. The highest BCUT2D eigenvalue weighted by molar-refractivity contribution is 5.93. The lowest BCUT2D eigenvalue weighted by Gasteiger charge is -2.07. The van der Waals surface area contributed by atoms with Crippen LogP contribution in [-0.2, 0) is 0 Å². The van der Waals surface area contributed by atoms with E-state index in [0.29, 0.717) is 12.2 Å². The zero-order valence-corrected chi connectivity index (χ0v) is 10.8. The third kappa shape index (κ3) is 3.17. The monoisotopic (exact) mass is 269 g/mol. The minimum absolute atomic E-state index is 0.112. The van der Waals surface area contributed by atoms with Crippen LogP contribution >= 0.6 is 0 Å². The Kier molecular flexibility index (Phi) is 4.05. The van der Waals surface area contributed by atoms with Gasteiger partial charge in [0, 0.05) is 6.54 Å². The second-order valence-electron chi connectivity index (χ2n) is 4.26. The molecule has 0 radical (unpaired) electrons. The normalized spacial score (nSPS) is 10.0. The number of carbonyl (C=O) groups is 1. The Hall–Kier alpha value is -2.75. The number of nitrogens with one attached hydrogen (secondary N) is 1. The molecule has 0 saturated carbocycles. The van der Waals surface area contributed by atoms with Gasteiger partial charge in [0.05, 0.1) is 5.69 Å². The van der Waals surface area contributed by atoms with Crippen molar-refractivity contribution in [1.29, 1.82) is 0 Å². The Morgan fingerprint density at radius 2 is 1.85 bits per heavy atom. The molecular weight excluding hydrogens is 254 g/mol. The molecule has 4 nitrogen and oxygen atoms in total. The van der Waals surface area contributed by atoms with Crippen molar-refractivity contribution in [2.75, 3.05) is 11.9 Å². The second-order valence-corrected chi connectivity index (χ2v) is 4.26. The van der Waals surface area contributed by atoms with Crippen molar-refractivity contribution in [1.82, 2.24) is 0 Å². The van der Waals surface area contributed by atoms with Gasteiger partial charge < -0.3 is 15.5 Å². The van der Waals surface area contributed by atoms with Crippen LogP contribution in [0.15, 0.2) is 55.1 Å². The Morgan fingerprint density at radius 3 is 2.30 bits per heavy atom. The number of aromatic carboxylic acids is 1. The van der Waals surface area contributed by atoms with E-state index in [9.17, 15) is 9.90 Å². The van der Waals surface area contributed by atoms with Gasteiger partial charge in [0.15, 0.2) is 5.75 Å². The van der Waals surface area contributed by atoms with Crippen LogP contribution in [-0.4, -0.2) is 22.7 Å². The Morgan fingerprint density at radius 1 is 1.20 bits per heavy atom. The van der Waals surface area contributed by atoms with E-state index in [0.717, 1.165) is 0 Å². The van der Waals surface area contributed by atoms with Gasteiger partial charge in [0.2, 0.25) is 0 Å². The molecule has 0 spiro atoms. The SMILES string of the molecule is C=CCNc1cccc(C(=O)O)c1O.c1cc2cc-2c1. The van der Waals surface area contributed by atoms with E-state index in [1.54, 1.807) is 18.2 Å². The molecule has 2 aliphatic rings. The number of aromatic hydroxyl groups is 1. The lowest BCUT2D eigenvalue weighted by molar-refractivity contribution is 0.0694. The van der Waals surface area contributed by atoms with E-state index in [-0.39, 0.29) is 11.3 Å². The molecule has 4 heteroatoms. The Balaban J connectivity index is 0.000000198. The van der Waals surface area contributed by atoms with Crippen LogP contribution in [0.25, 0.3) is 11.1 Å². The largest absolute Gasteiger partial charge is 0.505 e. The summed E-state index contributed by atoms with van der Waals surface area (Å²) in [6.45, 7) is 3.97. The zero-order valence-electron chi connectivity index (χ0n) is 10.8. The molecule has 1 aromatic carbocycles. The number of carboxylic acid groups (broad SMARTS) is 1. The quantitative estimate of drug-likeness (QED) is 0.502. The molecule has 0 bridgehead atoms. The maximum Gasteiger partial charge on any atom is 0.339 e. The number of para-hydroxylation sites is 1. The van der Waals surface area contributed by atoms with Crippen LogP contribution in [0.2, 0.25) is 0 Å². The van der Waals surface area contributed by atoms with E-state index in [2.05, 4.69) is 36.2 Å². The predicted octanol–water partition coefficient (Wildman–Crippen LogP) is 3.36. The van der Waals surface area contributed by atoms with Gasteiger partial charge in [0.25, 0.3) is 0 Å². The van der Waals surface area contributed by atoms with Gasteiger partial charge in [-0.2, -0.15) is 0 Å². The lowest BCUT2D eigenvalue weighted by atomic mass is 10.1. The maximum absolute atomic E-state index is 10.6. The van der Waals surface area contributed by atoms with Gasteiger partial charge in [-0.1, -0.05) is 30.3 Å². The topological polar surface area (TPSA) is 69.6 Å². The fourth-order valence-corrected chi connectivity index (χ4v) is 1.72. The summed E-state index contributed by atoms with van der Waals surface area (Å²) in [5.74, 6) is -1.40. The molecule has 102 valence electrons.